The Labute approximate surface area is 194 Å². The average molecular weight is 473 g/mol. The van der Waals surface area contributed by atoms with Gasteiger partial charge in [-0.1, -0.05) is 23.7 Å². The lowest BCUT2D eigenvalue weighted by Crippen LogP contribution is -2.49. The normalized spacial score (nSPS) is 13.6. The van der Waals surface area contributed by atoms with Crippen molar-refractivity contribution in [1.29, 1.82) is 0 Å². The molecule has 3 aromatic rings. The molecule has 1 amide bonds. The second-order valence-corrected chi connectivity index (χ2v) is 7.52. The Morgan fingerprint density at radius 2 is 1.97 bits per heavy atom. The van der Waals surface area contributed by atoms with Crippen molar-refractivity contribution in [3.63, 3.8) is 0 Å². The maximum atomic E-state index is 12.5. The van der Waals surface area contributed by atoms with Gasteiger partial charge in [-0.3, -0.25) is 14.9 Å². The minimum absolute atomic E-state index is 0.0989. The van der Waals surface area contributed by atoms with Gasteiger partial charge in [-0.25, -0.2) is 9.97 Å². The van der Waals surface area contributed by atoms with Crippen molar-refractivity contribution in [1.82, 2.24) is 14.9 Å². The number of para-hydroxylation sites is 1. The number of halogens is 1. The number of piperazine rings is 1. The van der Waals surface area contributed by atoms with Crippen LogP contribution in [0, 0.1) is 10.1 Å². The molecule has 33 heavy (non-hydrogen) atoms. The topological polar surface area (TPSA) is 127 Å². The zero-order chi connectivity index (χ0) is 23.2. The van der Waals surface area contributed by atoms with Gasteiger partial charge in [0.25, 0.3) is 5.91 Å². The molecule has 0 bridgehead atoms. The highest BCUT2D eigenvalue weighted by atomic mass is 35.5. The third-order valence-electron chi connectivity index (χ3n) is 5.07. The van der Waals surface area contributed by atoms with Crippen molar-refractivity contribution in [2.24, 2.45) is 0 Å². The summed E-state index contributed by atoms with van der Waals surface area (Å²) in [5, 5.41) is 15.3. The third-order valence-corrected chi connectivity index (χ3v) is 5.38. The first kappa shape index (κ1) is 22.3. The molecule has 1 N–H and O–H groups in total. The lowest BCUT2D eigenvalue weighted by atomic mass is 10.2. The van der Waals surface area contributed by atoms with Crippen molar-refractivity contribution in [3.8, 4) is 5.75 Å². The molecule has 172 valence electrons. The summed E-state index contributed by atoms with van der Waals surface area (Å²) in [6.07, 6.45) is 2.72. The number of rotatable bonds is 8. The standard InChI is InChI=1S/C21H21ClN6O5/c22-15-4-1-2-5-16(15)33-13-7-23-19-18(28(30)31)20(25-14-24-19)26-8-10-27(11-9-26)21(29)17-6-3-12-32-17/h1-6,12,14H,7-11,13H2,(H,23,24,25). The van der Waals surface area contributed by atoms with E-state index in [0.717, 1.165) is 0 Å². The highest BCUT2D eigenvalue weighted by Crippen LogP contribution is 2.32. The number of hydrogen-bond acceptors (Lipinski definition) is 9. The maximum absolute atomic E-state index is 12.5. The zero-order valence-electron chi connectivity index (χ0n) is 17.5. The van der Waals surface area contributed by atoms with Crippen LogP contribution in [0.15, 0.2) is 53.4 Å². The van der Waals surface area contributed by atoms with E-state index in [1.165, 1.54) is 12.6 Å². The van der Waals surface area contributed by atoms with Crippen LogP contribution in [0.1, 0.15) is 10.6 Å². The molecule has 0 aliphatic carbocycles. The monoisotopic (exact) mass is 472 g/mol. The minimum Gasteiger partial charge on any atom is -0.490 e. The fraction of sp³-hybridized carbons (Fsp3) is 0.286. The Morgan fingerprint density at radius 3 is 2.67 bits per heavy atom. The Bertz CT molecular complexity index is 1120. The summed E-state index contributed by atoms with van der Waals surface area (Å²) >= 11 is 6.06. The first-order valence-corrected chi connectivity index (χ1v) is 10.6. The van der Waals surface area contributed by atoms with E-state index in [-0.39, 0.29) is 42.1 Å². The number of carbonyl (C=O) groups is 1. The van der Waals surface area contributed by atoms with Crippen molar-refractivity contribution < 1.29 is 18.9 Å². The van der Waals surface area contributed by atoms with Crippen molar-refractivity contribution >= 4 is 34.8 Å². The molecular formula is C21H21ClN6O5. The molecule has 11 nitrogen and oxygen atoms in total. The zero-order valence-corrected chi connectivity index (χ0v) is 18.3. The van der Waals surface area contributed by atoms with Crippen LogP contribution in [0.25, 0.3) is 0 Å². The smallest absolute Gasteiger partial charge is 0.353 e. The number of nitro groups is 1. The highest BCUT2D eigenvalue weighted by molar-refractivity contribution is 6.32. The molecule has 0 atom stereocenters. The van der Waals surface area contributed by atoms with Crippen LogP contribution in [0.3, 0.4) is 0 Å². The second-order valence-electron chi connectivity index (χ2n) is 7.11. The van der Waals surface area contributed by atoms with Gasteiger partial charge in [0.05, 0.1) is 22.8 Å². The molecule has 0 saturated carbocycles. The summed E-state index contributed by atoms with van der Waals surface area (Å²) in [7, 11) is 0. The van der Waals surface area contributed by atoms with E-state index in [2.05, 4.69) is 15.3 Å². The van der Waals surface area contributed by atoms with Gasteiger partial charge in [0, 0.05) is 26.2 Å². The molecule has 4 rings (SSSR count). The van der Waals surface area contributed by atoms with Crippen molar-refractivity contribution in [2.45, 2.75) is 0 Å². The fourth-order valence-corrected chi connectivity index (χ4v) is 3.66. The Hall–Kier alpha value is -3.86. The summed E-state index contributed by atoms with van der Waals surface area (Å²) in [4.78, 5) is 35.4. The minimum atomic E-state index is -0.507. The number of benzene rings is 1. The number of anilines is 2. The van der Waals surface area contributed by atoms with Crippen LogP contribution >= 0.6 is 11.6 Å². The van der Waals surface area contributed by atoms with Gasteiger partial charge < -0.3 is 24.3 Å². The number of furan rings is 1. The first-order valence-electron chi connectivity index (χ1n) is 10.2. The van der Waals surface area contributed by atoms with Crippen LogP contribution < -0.4 is 15.0 Å². The van der Waals surface area contributed by atoms with E-state index in [0.29, 0.717) is 37.0 Å². The molecule has 3 heterocycles. The molecule has 1 aliphatic heterocycles. The van der Waals surface area contributed by atoms with Crippen molar-refractivity contribution in [2.75, 3.05) is 49.5 Å². The fourth-order valence-electron chi connectivity index (χ4n) is 3.47. The van der Waals surface area contributed by atoms with Gasteiger partial charge in [0.15, 0.2) is 5.76 Å². The molecule has 1 aromatic carbocycles. The molecule has 1 aliphatic rings. The summed E-state index contributed by atoms with van der Waals surface area (Å²) in [6, 6.07) is 10.3. The predicted molar refractivity (Wildman–Crippen MR) is 121 cm³/mol. The van der Waals surface area contributed by atoms with Gasteiger partial charge in [-0.05, 0) is 24.3 Å². The van der Waals surface area contributed by atoms with E-state index >= 15 is 0 Å². The van der Waals surface area contributed by atoms with Gasteiger partial charge in [-0.15, -0.1) is 0 Å². The lowest BCUT2D eigenvalue weighted by Gasteiger charge is -2.34. The molecular weight excluding hydrogens is 452 g/mol. The number of amides is 1. The van der Waals surface area contributed by atoms with Crippen LogP contribution in [0.2, 0.25) is 5.02 Å². The summed E-state index contributed by atoms with van der Waals surface area (Å²) in [5.41, 5.74) is -0.221. The average Bonchev–Trinajstić information content (AvgIpc) is 3.37. The Morgan fingerprint density at radius 1 is 1.18 bits per heavy atom. The number of nitrogens with zero attached hydrogens (tertiary/aromatic N) is 5. The third kappa shape index (κ3) is 5.14. The highest BCUT2D eigenvalue weighted by Gasteiger charge is 2.31. The van der Waals surface area contributed by atoms with Gasteiger partial charge in [-0.2, -0.15) is 0 Å². The number of carbonyl (C=O) groups excluding carboxylic acids is 1. The molecule has 1 fully saturated rings. The van der Waals surface area contributed by atoms with Crippen LogP contribution in [0.4, 0.5) is 17.3 Å². The van der Waals surface area contributed by atoms with Crippen LogP contribution in [-0.2, 0) is 0 Å². The Balaban J connectivity index is 1.40. The number of aromatic nitrogens is 2. The van der Waals surface area contributed by atoms with Crippen LogP contribution in [0.5, 0.6) is 5.75 Å². The van der Waals surface area contributed by atoms with E-state index in [1.54, 1.807) is 46.2 Å². The lowest BCUT2D eigenvalue weighted by molar-refractivity contribution is -0.383. The van der Waals surface area contributed by atoms with Crippen LogP contribution in [-0.4, -0.2) is 65.0 Å². The molecule has 2 aromatic heterocycles. The SMILES string of the molecule is O=C(c1ccco1)N1CCN(c2ncnc(NCCOc3ccccc3Cl)c2[N+](=O)[O-])CC1. The van der Waals surface area contributed by atoms with E-state index in [4.69, 9.17) is 20.8 Å². The summed E-state index contributed by atoms with van der Waals surface area (Å²) < 4.78 is 10.8. The number of nitrogens with one attached hydrogen (secondary N) is 1. The Kier molecular flexibility index (Phi) is 6.89. The van der Waals surface area contributed by atoms with E-state index in [1.807, 2.05) is 0 Å². The maximum Gasteiger partial charge on any atom is 0.353 e. The second kappa shape index (κ2) is 10.2. The largest absolute Gasteiger partial charge is 0.490 e. The molecule has 12 heteroatoms. The van der Waals surface area contributed by atoms with Crippen molar-refractivity contribution in [3.05, 3.63) is 69.9 Å². The molecule has 0 unspecified atom stereocenters. The molecule has 1 saturated heterocycles. The van der Waals surface area contributed by atoms with E-state index in [9.17, 15) is 14.9 Å². The first-order chi connectivity index (χ1) is 16.0. The summed E-state index contributed by atoms with van der Waals surface area (Å²) in [6.45, 7) is 2.05. The number of hydrogen-bond donors (Lipinski definition) is 1. The van der Waals surface area contributed by atoms with Gasteiger partial charge >= 0.3 is 5.69 Å². The summed E-state index contributed by atoms with van der Waals surface area (Å²) in [5.74, 6) is 0.886. The van der Waals surface area contributed by atoms with E-state index < -0.39 is 4.92 Å². The quantitative estimate of drug-likeness (QED) is 0.299. The molecule has 0 radical (unpaired) electrons. The molecule has 0 spiro atoms. The predicted octanol–water partition coefficient (Wildman–Crippen LogP) is 3.08. The van der Waals surface area contributed by atoms with Gasteiger partial charge in [0.2, 0.25) is 11.6 Å². The number of ether oxygens (including phenoxy) is 1. The van der Waals surface area contributed by atoms with Gasteiger partial charge in [0.1, 0.15) is 18.7 Å².